The zero-order valence-corrected chi connectivity index (χ0v) is 49.0. The SMILES string of the molecule is CC(C)(C)c1cc(-c2ccc3c(c2)c2cc(-c4cc(C(C)(C)C)cc(C(C)(C)C)c4)cc4c5c6c7cc(-c8cc(C(C)(C)C)cc(C(C)(C)C)c8)cc8c9oc%10ccccc%10c9n(c6ccc5n3c24)c87)cc(C(C)(C)C)c1. The van der Waals surface area contributed by atoms with E-state index in [1.165, 1.54) is 127 Å². The van der Waals surface area contributed by atoms with E-state index < -0.39 is 0 Å². The van der Waals surface area contributed by atoms with E-state index in [1.807, 2.05) is 0 Å². The van der Waals surface area contributed by atoms with Crippen LogP contribution in [0.5, 0.6) is 0 Å². The summed E-state index contributed by atoms with van der Waals surface area (Å²) in [6, 6.07) is 52.7. The van der Waals surface area contributed by atoms with Crippen LogP contribution in [0, 0.1) is 0 Å². The molecule has 3 heteroatoms. The second kappa shape index (κ2) is 15.8. The Labute approximate surface area is 455 Å². The number of aromatic nitrogens is 2. The highest BCUT2D eigenvalue weighted by molar-refractivity contribution is 6.37. The summed E-state index contributed by atoms with van der Waals surface area (Å²) < 4.78 is 12.1. The summed E-state index contributed by atoms with van der Waals surface area (Å²) in [6.07, 6.45) is 0. The maximum Gasteiger partial charge on any atom is 0.161 e. The van der Waals surface area contributed by atoms with Crippen LogP contribution in [0.3, 0.4) is 0 Å². The van der Waals surface area contributed by atoms with Crippen molar-refractivity contribution in [3.05, 3.63) is 167 Å². The first-order chi connectivity index (χ1) is 35.9. The first-order valence-corrected chi connectivity index (χ1v) is 28.2. The van der Waals surface area contributed by atoms with Gasteiger partial charge in [-0.3, -0.25) is 0 Å². The first-order valence-electron chi connectivity index (χ1n) is 28.2. The Kier molecular flexibility index (Phi) is 10.1. The third-order valence-electron chi connectivity index (χ3n) is 17.4. The number of furan rings is 1. The van der Waals surface area contributed by atoms with Gasteiger partial charge in [0, 0.05) is 43.1 Å². The van der Waals surface area contributed by atoms with Crippen LogP contribution in [-0.4, -0.2) is 8.80 Å². The third kappa shape index (κ3) is 7.56. The smallest absolute Gasteiger partial charge is 0.161 e. The van der Waals surface area contributed by atoms with E-state index in [2.05, 4.69) is 267 Å². The molecule has 0 fully saturated rings. The van der Waals surface area contributed by atoms with Gasteiger partial charge in [0.05, 0.1) is 27.6 Å². The molecular formula is C74H76N2O. The molecule has 0 atom stereocenters. The number of fused-ring (bicyclic) bond motifs is 15. The Hall–Kier alpha value is -7.10. The van der Waals surface area contributed by atoms with E-state index in [4.69, 9.17) is 4.42 Å². The summed E-state index contributed by atoms with van der Waals surface area (Å²) in [5.74, 6) is 0. The van der Waals surface area contributed by atoms with Crippen LogP contribution in [0.15, 0.2) is 138 Å². The average Bonchev–Trinajstić information content (AvgIpc) is 4.36. The quantitative estimate of drug-likeness (QED) is 0.173. The van der Waals surface area contributed by atoms with Gasteiger partial charge in [0.15, 0.2) is 5.58 Å². The fourth-order valence-electron chi connectivity index (χ4n) is 12.6. The average molecular weight is 1010 g/mol. The van der Waals surface area contributed by atoms with E-state index >= 15 is 0 Å². The van der Waals surface area contributed by atoms with Gasteiger partial charge in [-0.25, -0.2) is 0 Å². The lowest BCUT2D eigenvalue weighted by Crippen LogP contribution is -2.16. The molecule has 0 aliphatic carbocycles. The van der Waals surface area contributed by atoms with Gasteiger partial charge in [-0.15, -0.1) is 0 Å². The van der Waals surface area contributed by atoms with Gasteiger partial charge in [0.2, 0.25) is 0 Å². The van der Waals surface area contributed by atoms with Gasteiger partial charge in [-0.2, -0.15) is 0 Å². The van der Waals surface area contributed by atoms with Gasteiger partial charge in [0.25, 0.3) is 0 Å². The second-order valence-corrected chi connectivity index (χ2v) is 29.3. The zero-order valence-electron chi connectivity index (χ0n) is 49.0. The number of rotatable bonds is 3. The van der Waals surface area contributed by atoms with Gasteiger partial charge >= 0.3 is 0 Å². The molecule has 388 valence electrons. The lowest BCUT2D eigenvalue weighted by atomic mass is 9.78. The largest absolute Gasteiger partial charge is 0.454 e. The zero-order chi connectivity index (χ0) is 54.6. The van der Waals surface area contributed by atoms with Crippen LogP contribution >= 0.6 is 0 Å². The summed E-state index contributed by atoms with van der Waals surface area (Å²) in [4.78, 5) is 0. The van der Waals surface area contributed by atoms with E-state index in [9.17, 15) is 0 Å². The number of nitrogens with zero attached hydrogens (tertiary/aromatic N) is 2. The summed E-state index contributed by atoms with van der Waals surface area (Å²) in [5.41, 5.74) is 24.7. The maximum atomic E-state index is 6.96. The lowest BCUT2D eigenvalue weighted by molar-refractivity contribution is 0.568. The molecule has 3 nitrogen and oxygen atoms in total. The van der Waals surface area contributed by atoms with Crippen molar-refractivity contribution in [2.75, 3.05) is 0 Å². The fourth-order valence-corrected chi connectivity index (χ4v) is 12.6. The fraction of sp³-hybridized carbons (Fsp3) is 0.324. The van der Waals surface area contributed by atoms with Crippen LogP contribution in [0.1, 0.15) is 158 Å². The minimum absolute atomic E-state index is 0.00650. The van der Waals surface area contributed by atoms with Gasteiger partial charge in [-0.05, 0) is 160 Å². The topological polar surface area (TPSA) is 22.0 Å². The molecule has 0 spiro atoms. The van der Waals surface area contributed by atoms with Crippen LogP contribution < -0.4 is 0 Å². The van der Waals surface area contributed by atoms with E-state index in [1.54, 1.807) is 0 Å². The van der Waals surface area contributed by atoms with Crippen molar-refractivity contribution in [3.8, 4) is 33.4 Å². The normalized spacial score (nSPS) is 13.8. The van der Waals surface area contributed by atoms with Gasteiger partial charge in [0.1, 0.15) is 11.1 Å². The summed E-state index contributed by atoms with van der Waals surface area (Å²) in [7, 11) is 0. The number of hydrogen-bond acceptors (Lipinski definition) is 1. The van der Waals surface area contributed by atoms with Crippen molar-refractivity contribution in [1.82, 2.24) is 8.80 Å². The molecule has 5 aromatic heterocycles. The van der Waals surface area contributed by atoms with Gasteiger partial charge in [-0.1, -0.05) is 197 Å². The Morgan fingerprint density at radius 2 is 0.623 bits per heavy atom. The summed E-state index contributed by atoms with van der Waals surface area (Å²) >= 11 is 0. The van der Waals surface area contributed by atoms with Crippen molar-refractivity contribution < 1.29 is 4.42 Å². The van der Waals surface area contributed by atoms with Crippen LogP contribution in [-0.2, 0) is 32.5 Å². The minimum Gasteiger partial charge on any atom is -0.454 e. The number of para-hydroxylation sites is 1. The summed E-state index contributed by atoms with van der Waals surface area (Å²) in [6.45, 7) is 42.2. The number of hydrogen-bond donors (Lipinski definition) is 0. The standard InChI is InChI=1S/C74H76N2O/c1-69(2,3)47-27-42(28-48(38-47)70(4,5)6)41-23-24-59-54(33-41)55-34-45(43-29-49(71(7,8)9)39-50(30-43)72(10,11)12)35-56-63-60(75(59)65(55)56)25-26-61-64(63)57-36-46(44-31-51(73(13,14)15)40-52(32-44)74(16,17)18)37-58-66(57)76(61)67-53-21-19-20-22-62(53)77-68(58)67/h19-40H,1-18H3. The predicted molar refractivity (Wildman–Crippen MR) is 334 cm³/mol. The summed E-state index contributed by atoms with van der Waals surface area (Å²) in [5, 5.41) is 9.99. The van der Waals surface area contributed by atoms with Crippen molar-refractivity contribution in [2.45, 2.75) is 157 Å². The van der Waals surface area contributed by atoms with Crippen molar-refractivity contribution in [3.63, 3.8) is 0 Å². The lowest BCUT2D eigenvalue weighted by Gasteiger charge is -2.26. The van der Waals surface area contributed by atoms with Crippen molar-refractivity contribution in [2.24, 2.45) is 0 Å². The molecule has 8 aromatic carbocycles. The molecule has 13 rings (SSSR count). The highest BCUT2D eigenvalue weighted by Gasteiger charge is 2.30. The molecule has 5 heterocycles. The van der Waals surface area contributed by atoms with E-state index in [0.29, 0.717) is 0 Å². The molecule has 77 heavy (non-hydrogen) atoms. The minimum atomic E-state index is -0.0325. The molecule has 0 radical (unpaired) electrons. The molecule has 0 bridgehead atoms. The van der Waals surface area contributed by atoms with Crippen LogP contribution in [0.25, 0.3) is 121 Å². The van der Waals surface area contributed by atoms with Crippen LogP contribution in [0.4, 0.5) is 0 Å². The van der Waals surface area contributed by atoms with Gasteiger partial charge < -0.3 is 13.2 Å². The highest BCUT2D eigenvalue weighted by atomic mass is 16.3. The van der Waals surface area contributed by atoms with E-state index in [0.717, 1.165) is 27.5 Å². The Balaban J connectivity index is 1.20. The molecule has 0 saturated heterocycles. The Morgan fingerprint density at radius 3 is 1.08 bits per heavy atom. The first kappa shape index (κ1) is 49.5. The molecule has 0 aliphatic rings. The van der Waals surface area contributed by atoms with Crippen molar-refractivity contribution >= 4 is 87.4 Å². The molecule has 13 aromatic rings. The maximum absolute atomic E-state index is 6.96. The molecule has 0 aliphatic heterocycles. The molecular weight excluding hydrogens is 933 g/mol. The highest BCUT2D eigenvalue weighted by Crippen LogP contribution is 2.51. The number of benzene rings is 8. The predicted octanol–water partition coefficient (Wildman–Crippen LogP) is 21.5. The van der Waals surface area contributed by atoms with Crippen LogP contribution in [0.2, 0.25) is 0 Å². The Bertz CT molecular complexity index is 4500. The Morgan fingerprint density at radius 1 is 0.273 bits per heavy atom. The van der Waals surface area contributed by atoms with E-state index in [-0.39, 0.29) is 32.5 Å². The second-order valence-electron chi connectivity index (χ2n) is 29.3. The third-order valence-corrected chi connectivity index (χ3v) is 17.4. The molecule has 0 amide bonds. The monoisotopic (exact) mass is 1010 g/mol. The molecule has 0 saturated carbocycles. The molecule has 0 N–H and O–H groups in total. The van der Waals surface area contributed by atoms with Crippen molar-refractivity contribution in [1.29, 1.82) is 0 Å². The molecule has 0 unspecified atom stereocenters.